The average Bonchev–Trinajstić information content (AvgIpc) is 2.50. The molecule has 0 saturated carbocycles. The van der Waals surface area contributed by atoms with Gasteiger partial charge in [-0.15, -0.1) is 0 Å². The monoisotopic (exact) mass is 293 g/mol. The first kappa shape index (κ1) is 15.8. The molecule has 2 rings (SSSR count). The molecule has 1 saturated heterocycles. The van der Waals surface area contributed by atoms with Crippen LogP contribution in [-0.4, -0.2) is 37.4 Å². The van der Waals surface area contributed by atoms with Gasteiger partial charge in [0.15, 0.2) is 0 Å². The summed E-state index contributed by atoms with van der Waals surface area (Å²) < 4.78 is 15.9. The SMILES string of the molecule is CCOC(=O)c1cc(CC2CCOCC2)cnc1OCC. The van der Waals surface area contributed by atoms with Crippen molar-refractivity contribution >= 4 is 5.97 Å². The Morgan fingerprint density at radius 1 is 1.33 bits per heavy atom. The van der Waals surface area contributed by atoms with Crippen LogP contribution >= 0.6 is 0 Å². The molecule has 2 heterocycles. The second kappa shape index (κ2) is 7.98. The van der Waals surface area contributed by atoms with Crippen molar-refractivity contribution in [1.29, 1.82) is 0 Å². The number of carbonyl (C=O) groups excluding carboxylic acids is 1. The van der Waals surface area contributed by atoms with E-state index in [-0.39, 0.29) is 5.97 Å². The quantitative estimate of drug-likeness (QED) is 0.755. The summed E-state index contributed by atoms with van der Waals surface area (Å²) in [5, 5.41) is 0. The van der Waals surface area contributed by atoms with E-state index in [9.17, 15) is 4.79 Å². The highest BCUT2D eigenvalue weighted by Crippen LogP contribution is 2.23. The summed E-state index contributed by atoms with van der Waals surface area (Å²) >= 11 is 0. The molecule has 0 atom stereocenters. The molecule has 1 aromatic heterocycles. The normalized spacial score (nSPS) is 15.7. The molecule has 5 heteroatoms. The van der Waals surface area contributed by atoms with Crippen LogP contribution in [0.4, 0.5) is 0 Å². The summed E-state index contributed by atoms with van der Waals surface area (Å²) in [6, 6.07) is 1.85. The Labute approximate surface area is 125 Å². The van der Waals surface area contributed by atoms with E-state index in [0.29, 0.717) is 30.6 Å². The minimum absolute atomic E-state index is 0.342. The summed E-state index contributed by atoms with van der Waals surface area (Å²) in [5.41, 5.74) is 1.47. The molecule has 0 aromatic carbocycles. The Balaban J connectivity index is 2.14. The lowest BCUT2D eigenvalue weighted by Crippen LogP contribution is -2.18. The molecule has 21 heavy (non-hydrogen) atoms. The molecule has 0 spiro atoms. The Morgan fingerprint density at radius 2 is 2.10 bits per heavy atom. The summed E-state index contributed by atoms with van der Waals surface area (Å²) in [6.07, 6.45) is 4.82. The van der Waals surface area contributed by atoms with E-state index < -0.39 is 0 Å². The van der Waals surface area contributed by atoms with Gasteiger partial charge >= 0.3 is 5.97 Å². The average molecular weight is 293 g/mol. The molecule has 1 aromatic rings. The third kappa shape index (κ3) is 4.43. The minimum Gasteiger partial charge on any atom is -0.477 e. The maximum Gasteiger partial charge on any atom is 0.343 e. The first-order valence-corrected chi connectivity index (χ1v) is 7.61. The third-order valence-corrected chi connectivity index (χ3v) is 3.55. The van der Waals surface area contributed by atoms with Crippen LogP contribution in [0.1, 0.15) is 42.6 Å². The summed E-state index contributed by atoms with van der Waals surface area (Å²) in [4.78, 5) is 16.3. The van der Waals surface area contributed by atoms with Crippen molar-refractivity contribution in [3.8, 4) is 5.88 Å². The highest BCUT2D eigenvalue weighted by molar-refractivity contribution is 5.92. The van der Waals surface area contributed by atoms with Gasteiger partial charge in [-0.1, -0.05) is 0 Å². The van der Waals surface area contributed by atoms with Crippen LogP contribution in [0, 0.1) is 5.92 Å². The molecule has 0 bridgehead atoms. The van der Waals surface area contributed by atoms with E-state index in [4.69, 9.17) is 14.2 Å². The van der Waals surface area contributed by atoms with Gasteiger partial charge in [0, 0.05) is 19.4 Å². The molecule has 1 aliphatic rings. The third-order valence-electron chi connectivity index (χ3n) is 3.55. The second-order valence-electron chi connectivity index (χ2n) is 5.11. The van der Waals surface area contributed by atoms with E-state index in [0.717, 1.165) is 38.0 Å². The van der Waals surface area contributed by atoms with Crippen LogP contribution in [0.3, 0.4) is 0 Å². The van der Waals surface area contributed by atoms with E-state index >= 15 is 0 Å². The largest absolute Gasteiger partial charge is 0.477 e. The number of rotatable bonds is 6. The van der Waals surface area contributed by atoms with Gasteiger partial charge in [0.25, 0.3) is 0 Å². The smallest absolute Gasteiger partial charge is 0.343 e. The topological polar surface area (TPSA) is 57.7 Å². The van der Waals surface area contributed by atoms with Crippen molar-refractivity contribution in [2.24, 2.45) is 5.92 Å². The van der Waals surface area contributed by atoms with Gasteiger partial charge in [-0.2, -0.15) is 0 Å². The van der Waals surface area contributed by atoms with Crippen molar-refractivity contribution in [3.05, 3.63) is 23.4 Å². The van der Waals surface area contributed by atoms with Crippen molar-refractivity contribution in [1.82, 2.24) is 4.98 Å². The molecule has 116 valence electrons. The van der Waals surface area contributed by atoms with E-state index in [2.05, 4.69) is 4.98 Å². The standard InChI is InChI=1S/C16H23NO4/c1-3-20-15-14(16(18)21-4-2)10-13(11-17-15)9-12-5-7-19-8-6-12/h10-12H,3-9H2,1-2H3. The fourth-order valence-corrected chi connectivity index (χ4v) is 2.50. The van der Waals surface area contributed by atoms with Gasteiger partial charge in [-0.05, 0) is 50.7 Å². The number of nitrogens with zero attached hydrogens (tertiary/aromatic N) is 1. The van der Waals surface area contributed by atoms with Crippen molar-refractivity contribution in [3.63, 3.8) is 0 Å². The Bertz CT molecular complexity index is 469. The molecule has 1 aliphatic heterocycles. The number of hydrogen-bond acceptors (Lipinski definition) is 5. The highest BCUT2D eigenvalue weighted by Gasteiger charge is 2.19. The minimum atomic E-state index is -0.373. The van der Waals surface area contributed by atoms with E-state index in [1.807, 2.05) is 13.0 Å². The second-order valence-corrected chi connectivity index (χ2v) is 5.11. The first-order valence-electron chi connectivity index (χ1n) is 7.61. The Kier molecular flexibility index (Phi) is 5.99. The maximum atomic E-state index is 12.0. The lowest BCUT2D eigenvalue weighted by atomic mass is 9.93. The Hall–Kier alpha value is -1.62. The van der Waals surface area contributed by atoms with Gasteiger partial charge in [0.05, 0.1) is 13.2 Å². The van der Waals surface area contributed by atoms with Crippen molar-refractivity contribution in [2.45, 2.75) is 33.1 Å². The summed E-state index contributed by atoms with van der Waals surface area (Å²) in [7, 11) is 0. The lowest BCUT2D eigenvalue weighted by Gasteiger charge is -2.22. The molecule has 0 aliphatic carbocycles. The molecule has 0 N–H and O–H groups in total. The number of ether oxygens (including phenoxy) is 3. The van der Waals surface area contributed by atoms with E-state index in [1.54, 1.807) is 13.1 Å². The number of esters is 1. The fourth-order valence-electron chi connectivity index (χ4n) is 2.50. The van der Waals surface area contributed by atoms with Crippen LogP contribution in [0.15, 0.2) is 12.3 Å². The zero-order valence-electron chi connectivity index (χ0n) is 12.8. The maximum absolute atomic E-state index is 12.0. The zero-order valence-corrected chi connectivity index (χ0v) is 12.8. The predicted molar refractivity (Wildman–Crippen MR) is 78.6 cm³/mol. The molecular weight excluding hydrogens is 270 g/mol. The van der Waals surface area contributed by atoms with Gasteiger partial charge < -0.3 is 14.2 Å². The molecular formula is C16H23NO4. The van der Waals surface area contributed by atoms with Crippen LogP contribution < -0.4 is 4.74 Å². The van der Waals surface area contributed by atoms with Gasteiger partial charge in [-0.3, -0.25) is 0 Å². The van der Waals surface area contributed by atoms with E-state index in [1.165, 1.54) is 0 Å². The van der Waals surface area contributed by atoms with Crippen LogP contribution in [-0.2, 0) is 15.9 Å². The van der Waals surface area contributed by atoms with Crippen LogP contribution in [0.2, 0.25) is 0 Å². The van der Waals surface area contributed by atoms with Crippen molar-refractivity contribution in [2.75, 3.05) is 26.4 Å². The van der Waals surface area contributed by atoms with Crippen LogP contribution in [0.5, 0.6) is 5.88 Å². The molecule has 0 amide bonds. The Morgan fingerprint density at radius 3 is 2.76 bits per heavy atom. The molecule has 5 nitrogen and oxygen atoms in total. The van der Waals surface area contributed by atoms with Crippen molar-refractivity contribution < 1.29 is 19.0 Å². The zero-order chi connectivity index (χ0) is 15.1. The van der Waals surface area contributed by atoms with Gasteiger partial charge in [-0.25, -0.2) is 9.78 Å². The van der Waals surface area contributed by atoms with Gasteiger partial charge in [0.1, 0.15) is 5.56 Å². The number of pyridine rings is 1. The first-order chi connectivity index (χ1) is 10.2. The van der Waals surface area contributed by atoms with Gasteiger partial charge in [0.2, 0.25) is 5.88 Å². The number of aromatic nitrogens is 1. The number of carbonyl (C=O) groups is 1. The highest BCUT2D eigenvalue weighted by atomic mass is 16.5. The fraction of sp³-hybridized carbons (Fsp3) is 0.625. The predicted octanol–water partition coefficient (Wildman–Crippen LogP) is 2.63. The molecule has 0 radical (unpaired) electrons. The molecule has 0 unspecified atom stereocenters. The lowest BCUT2D eigenvalue weighted by molar-refractivity contribution is 0.0520. The number of hydrogen-bond donors (Lipinski definition) is 0. The summed E-state index contributed by atoms with van der Waals surface area (Å²) in [6.45, 7) is 6.11. The van der Waals surface area contributed by atoms with Crippen LogP contribution in [0.25, 0.3) is 0 Å². The molecule has 1 fully saturated rings. The summed E-state index contributed by atoms with van der Waals surface area (Å²) in [5.74, 6) is 0.572.